The van der Waals surface area contributed by atoms with Gasteiger partial charge in [-0.3, -0.25) is 14.4 Å². The molecule has 8 heteroatoms. The smallest absolute Gasteiger partial charge is 0.276 e. The van der Waals surface area contributed by atoms with Crippen LogP contribution in [-0.2, 0) is 6.42 Å². The number of hydrogen-bond donors (Lipinski definition) is 2. The van der Waals surface area contributed by atoms with Crippen LogP contribution in [-0.4, -0.2) is 25.7 Å². The Morgan fingerprint density at radius 2 is 1.81 bits per heavy atom. The first-order valence-electron chi connectivity index (χ1n) is 9.71. The summed E-state index contributed by atoms with van der Waals surface area (Å²) in [5, 5.41) is 6.96. The van der Waals surface area contributed by atoms with Crippen molar-refractivity contribution in [1.29, 1.82) is 0 Å². The van der Waals surface area contributed by atoms with Crippen LogP contribution in [0.3, 0.4) is 0 Å². The second-order valence-corrected chi connectivity index (χ2v) is 6.78. The van der Waals surface area contributed by atoms with Crippen LogP contribution in [0.15, 0.2) is 82.4 Å². The maximum absolute atomic E-state index is 12.7. The molecule has 1 amide bonds. The molecule has 0 saturated carbocycles. The number of benzene rings is 2. The summed E-state index contributed by atoms with van der Waals surface area (Å²) in [4.78, 5) is 43.9. The van der Waals surface area contributed by atoms with E-state index in [1.165, 1.54) is 22.9 Å². The molecule has 0 bridgehead atoms. The fraction of sp³-hybridized carbons (Fsp3) is 0.0870. The average Bonchev–Trinajstić information content (AvgIpc) is 2.79. The summed E-state index contributed by atoms with van der Waals surface area (Å²) < 4.78 is 1.18. The van der Waals surface area contributed by atoms with Crippen molar-refractivity contribution in [1.82, 2.24) is 19.7 Å². The van der Waals surface area contributed by atoms with E-state index < -0.39 is 5.91 Å². The van der Waals surface area contributed by atoms with Crippen LogP contribution in [0.1, 0.15) is 23.1 Å². The topological polar surface area (TPSA) is 110 Å². The van der Waals surface area contributed by atoms with Gasteiger partial charge in [0.2, 0.25) is 0 Å². The van der Waals surface area contributed by atoms with E-state index in [1.54, 1.807) is 48.5 Å². The van der Waals surface area contributed by atoms with E-state index >= 15 is 0 Å². The molecule has 0 atom stereocenters. The zero-order chi connectivity index (χ0) is 21.8. The number of para-hydroxylation sites is 1. The molecular formula is C23H19N5O3. The summed E-state index contributed by atoms with van der Waals surface area (Å²) in [6.45, 7) is 1.92. The fourth-order valence-electron chi connectivity index (χ4n) is 3.05. The minimum absolute atomic E-state index is 0.0911. The maximum Gasteiger partial charge on any atom is 0.276 e. The number of amides is 1. The zero-order valence-corrected chi connectivity index (χ0v) is 16.7. The number of anilines is 1. The second kappa shape index (κ2) is 8.58. The molecule has 8 nitrogen and oxygen atoms in total. The molecule has 31 heavy (non-hydrogen) atoms. The first kappa shape index (κ1) is 20.0. The quantitative estimate of drug-likeness (QED) is 0.523. The SMILES string of the molecule is CCc1cc(=O)[nH]c(-c2cccc(NC(=O)c3ccc(=O)n(-c4ccccc4)n3)c2)n1. The summed E-state index contributed by atoms with van der Waals surface area (Å²) >= 11 is 0. The lowest BCUT2D eigenvalue weighted by molar-refractivity contribution is 0.102. The first-order valence-corrected chi connectivity index (χ1v) is 9.71. The highest BCUT2D eigenvalue weighted by molar-refractivity contribution is 6.03. The fourth-order valence-corrected chi connectivity index (χ4v) is 3.05. The van der Waals surface area contributed by atoms with E-state index in [4.69, 9.17) is 0 Å². The molecular weight excluding hydrogens is 394 g/mol. The number of carbonyl (C=O) groups excluding carboxylic acids is 1. The Morgan fingerprint density at radius 1 is 1.00 bits per heavy atom. The third-order valence-electron chi connectivity index (χ3n) is 4.58. The van der Waals surface area contributed by atoms with E-state index in [2.05, 4.69) is 20.4 Å². The number of rotatable bonds is 5. The highest BCUT2D eigenvalue weighted by Gasteiger charge is 2.12. The number of aromatic nitrogens is 4. The number of aromatic amines is 1. The normalized spacial score (nSPS) is 10.6. The van der Waals surface area contributed by atoms with Crippen LogP contribution in [0.2, 0.25) is 0 Å². The van der Waals surface area contributed by atoms with Crippen molar-refractivity contribution in [2.24, 2.45) is 0 Å². The molecule has 0 radical (unpaired) electrons. The molecule has 0 spiro atoms. The number of hydrogen-bond acceptors (Lipinski definition) is 5. The van der Waals surface area contributed by atoms with Crippen molar-refractivity contribution in [2.45, 2.75) is 13.3 Å². The Morgan fingerprint density at radius 3 is 2.58 bits per heavy atom. The average molecular weight is 413 g/mol. The Balaban J connectivity index is 1.62. The van der Waals surface area contributed by atoms with Crippen molar-refractivity contribution >= 4 is 11.6 Å². The van der Waals surface area contributed by atoms with Crippen LogP contribution >= 0.6 is 0 Å². The number of aryl methyl sites for hydroxylation is 1. The molecule has 154 valence electrons. The highest BCUT2D eigenvalue weighted by Crippen LogP contribution is 2.19. The van der Waals surface area contributed by atoms with Crippen molar-refractivity contribution in [3.63, 3.8) is 0 Å². The van der Waals surface area contributed by atoms with Gasteiger partial charge < -0.3 is 10.3 Å². The lowest BCUT2D eigenvalue weighted by Gasteiger charge is -2.09. The largest absolute Gasteiger partial charge is 0.321 e. The van der Waals surface area contributed by atoms with Gasteiger partial charge in [0, 0.05) is 29.1 Å². The van der Waals surface area contributed by atoms with Crippen molar-refractivity contribution < 1.29 is 4.79 Å². The Labute approximate surface area is 177 Å². The molecule has 0 aliphatic heterocycles. The molecule has 0 aliphatic rings. The van der Waals surface area contributed by atoms with E-state index in [-0.39, 0.29) is 16.8 Å². The minimum Gasteiger partial charge on any atom is -0.321 e. The van der Waals surface area contributed by atoms with Gasteiger partial charge in [-0.25, -0.2) is 4.98 Å². The van der Waals surface area contributed by atoms with Crippen molar-refractivity contribution in [2.75, 3.05) is 5.32 Å². The number of H-pyrrole nitrogens is 1. The number of nitrogens with zero attached hydrogens (tertiary/aromatic N) is 3. The monoisotopic (exact) mass is 413 g/mol. The molecule has 4 rings (SSSR count). The Hall–Kier alpha value is -4.33. The van der Waals surface area contributed by atoms with Gasteiger partial charge in [0.05, 0.1) is 5.69 Å². The van der Waals surface area contributed by atoms with Gasteiger partial charge in [-0.05, 0) is 36.8 Å². The molecule has 2 heterocycles. The van der Waals surface area contributed by atoms with Crippen molar-refractivity contribution in [3.05, 3.63) is 105 Å². The van der Waals surface area contributed by atoms with E-state index in [1.807, 2.05) is 13.0 Å². The third kappa shape index (κ3) is 4.48. The van der Waals surface area contributed by atoms with Crippen LogP contribution in [0.25, 0.3) is 17.1 Å². The van der Waals surface area contributed by atoms with Gasteiger partial charge in [-0.2, -0.15) is 9.78 Å². The molecule has 2 aromatic carbocycles. The third-order valence-corrected chi connectivity index (χ3v) is 4.58. The van der Waals surface area contributed by atoms with Gasteiger partial charge in [-0.1, -0.05) is 37.3 Å². The zero-order valence-electron chi connectivity index (χ0n) is 16.7. The lowest BCUT2D eigenvalue weighted by Crippen LogP contribution is -2.24. The van der Waals surface area contributed by atoms with E-state index in [9.17, 15) is 14.4 Å². The predicted octanol–water partition coefficient (Wildman–Crippen LogP) is 2.80. The summed E-state index contributed by atoms with van der Waals surface area (Å²) in [5.74, 6) is -0.0400. The van der Waals surface area contributed by atoms with Gasteiger partial charge >= 0.3 is 0 Å². The van der Waals surface area contributed by atoms with Gasteiger partial charge in [-0.15, -0.1) is 0 Å². The molecule has 2 N–H and O–H groups in total. The van der Waals surface area contributed by atoms with Gasteiger partial charge in [0.25, 0.3) is 17.0 Å². The molecule has 0 aliphatic carbocycles. The van der Waals surface area contributed by atoms with E-state index in [0.717, 1.165) is 0 Å². The van der Waals surface area contributed by atoms with Crippen LogP contribution < -0.4 is 16.4 Å². The minimum atomic E-state index is -0.467. The predicted molar refractivity (Wildman–Crippen MR) is 117 cm³/mol. The second-order valence-electron chi connectivity index (χ2n) is 6.78. The molecule has 2 aromatic heterocycles. The molecule has 0 fully saturated rings. The Kier molecular flexibility index (Phi) is 5.53. The number of carbonyl (C=O) groups is 1. The molecule has 0 saturated heterocycles. The molecule has 4 aromatic rings. The van der Waals surface area contributed by atoms with Crippen molar-refractivity contribution in [3.8, 4) is 17.1 Å². The maximum atomic E-state index is 12.7. The molecule has 0 unspecified atom stereocenters. The summed E-state index contributed by atoms with van der Waals surface area (Å²) in [6, 6.07) is 20.0. The van der Waals surface area contributed by atoms with Gasteiger partial charge in [0.15, 0.2) is 0 Å². The van der Waals surface area contributed by atoms with Gasteiger partial charge in [0.1, 0.15) is 11.5 Å². The summed E-state index contributed by atoms with van der Waals surface area (Å²) in [6.07, 6.45) is 0.635. The number of nitrogens with one attached hydrogen (secondary N) is 2. The summed E-state index contributed by atoms with van der Waals surface area (Å²) in [7, 11) is 0. The Bertz CT molecular complexity index is 1360. The van der Waals surface area contributed by atoms with Crippen LogP contribution in [0.5, 0.6) is 0 Å². The van der Waals surface area contributed by atoms with E-state index in [0.29, 0.717) is 34.9 Å². The standard InChI is InChI=1S/C23H19N5O3/c1-2-16-14-20(29)26-22(24-16)15-7-6-8-17(13-15)25-23(31)19-11-12-21(30)28(27-19)18-9-4-3-5-10-18/h3-14H,2H2,1H3,(H,25,31)(H,24,26,29). The first-order chi connectivity index (χ1) is 15.0. The lowest BCUT2D eigenvalue weighted by atomic mass is 10.1. The highest BCUT2D eigenvalue weighted by atomic mass is 16.2. The van der Waals surface area contributed by atoms with Crippen LogP contribution in [0.4, 0.5) is 5.69 Å². The van der Waals surface area contributed by atoms with Crippen LogP contribution in [0, 0.1) is 0 Å². The summed E-state index contributed by atoms with van der Waals surface area (Å²) in [5.41, 5.74) is 1.93.